The smallest absolute Gasteiger partial charge is 0.238 e. The van der Waals surface area contributed by atoms with E-state index in [2.05, 4.69) is 17.1 Å². The first-order valence-corrected chi connectivity index (χ1v) is 7.88. The van der Waals surface area contributed by atoms with Crippen molar-refractivity contribution in [2.24, 2.45) is 5.92 Å². The number of piperidine rings is 1. The van der Waals surface area contributed by atoms with Gasteiger partial charge in [0.2, 0.25) is 5.91 Å². The number of benzene rings is 1. The molecule has 1 heterocycles. The molecule has 0 saturated carbocycles. The molecule has 2 rings (SSSR count). The lowest BCUT2D eigenvalue weighted by atomic mass is 9.92. The predicted molar refractivity (Wildman–Crippen MR) is 85.3 cm³/mol. The van der Waals surface area contributed by atoms with Gasteiger partial charge in [-0.3, -0.25) is 9.69 Å². The predicted octanol–water partition coefficient (Wildman–Crippen LogP) is 2.28. The molecule has 21 heavy (non-hydrogen) atoms. The number of amides is 1. The zero-order valence-corrected chi connectivity index (χ0v) is 13.0. The third kappa shape index (κ3) is 4.55. The summed E-state index contributed by atoms with van der Waals surface area (Å²) in [5, 5.41) is 12.6. The molecule has 0 bridgehead atoms. The Morgan fingerprint density at radius 2 is 2.05 bits per heavy atom. The van der Waals surface area contributed by atoms with Crippen molar-refractivity contribution in [3.05, 3.63) is 29.8 Å². The summed E-state index contributed by atoms with van der Waals surface area (Å²) < 4.78 is 0. The van der Waals surface area contributed by atoms with Gasteiger partial charge in [-0.15, -0.1) is 0 Å². The number of nitrogens with zero attached hydrogens (tertiary/aromatic N) is 1. The fraction of sp³-hybridized carbons (Fsp3) is 0.588. The quantitative estimate of drug-likeness (QED) is 0.875. The van der Waals surface area contributed by atoms with Gasteiger partial charge in [-0.25, -0.2) is 0 Å². The van der Waals surface area contributed by atoms with Crippen LogP contribution in [0.1, 0.15) is 32.3 Å². The second kappa shape index (κ2) is 7.57. The van der Waals surface area contributed by atoms with Gasteiger partial charge in [-0.1, -0.05) is 25.1 Å². The topological polar surface area (TPSA) is 52.6 Å². The standard InChI is InChI=1S/C17H26N2O2/c1-3-14-6-4-5-7-16(14)18-17(21)12-19-10-8-15(9-11-19)13(2)20/h4-7,13,15,20H,3,8-12H2,1-2H3,(H,18,21). The lowest BCUT2D eigenvalue weighted by Gasteiger charge is -2.32. The summed E-state index contributed by atoms with van der Waals surface area (Å²) in [7, 11) is 0. The molecule has 0 radical (unpaired) electrons. The lowest BCUT2D eigenvalue weighted by Crippen LogP contribution is -2.41. The first kappa shape index (κ1) is 16.0. The van der Waals surface area contributed by atoms with Crippen molar-refractivity contribution in [1.29, 1.82) is 0 Å². The van der Waals surface area contributed by atoms with Gasteiger partial charge in [0.05, 0.1) is 12.6 Å². The number of hydrogen-bond acceptors (Lipinski definition) is 3. The third-order valence-corrected chi connectivity index (χ3v) is 4.35. The number of aliphatic hydroxyl groups excluding tert-OH is 1. The highest BCUT2D eigenvalue weighted by atomic mass is 16.3. The van der Waals surface area contributed by atoms with E-state index in [1.807, 2.05) is 31.2 Å². The fourth-order valence-electron chi connectivity index (χ4n) is 2.94. The van der Waals surface area contributed by atoms with E-state index in [1.54, 1.807) is 0 Å². The van der Waals surface area contributed by atoms with E-state index < -0.39 is 0 Å². The minimum Gasteiger partial charge on any atom is -0.393 e. The molecule has 2 N–H and O–H groups in total. The van der Waals surface area contributed by atoms with Gasteiger partial charge in [-0.2, -0.15) is 0 Å². The summed E-state index contributed by atoms with van der Waals surface area (Å²) >= 11 is 0. The first-order chi connectivity index (χ1) is 10.1. The molecule has 1 fully saturated rings. The first-order valence-electron chi connectivity index (χ1n) is 7.88. The molecule has 1 aromatic carbocycles. The van der Waals surface area contributed by atoms with Gasteiger partial charge < -0.3 is 10.4 Å². The number of rotatable bonds is 5. The van der Waals surface area contributed by atoms with Crippen LogP contribution in [0.3, 0.4) is 0 Å². The highest BCUT2D eigenvalue weighted by molar-refractivity contribution is 5.93. The van der Waals surface area contributed by atoms with Crippen molar-refractivity contribution in [1.82, 2.24) is 4.90 Å². The van der Waals surface area contributed by atoms with E-state index >= 15 is 0 Å². The number of likely N-dealkylation sites (tertiary alicyclic amines) is 1. The Balaban J connectivity index is 1.83. The molecule has 0 aromatic heterocycles. The van der Waals surface area contributed by atoms with Gasteiger partial charge >= 0.3 is 0 Å². The van der Waals surface area contributed by atoms with Gasteiger partial charge in [-0.05, 0) is 56.8 Å². The molecule has 4 heteroatoms. The van der Waals surface area contributed by atoms with Gasteiger partial charge in [0, 0.05) is 5.69 Å². The van der Waals surface area contributed by atoms with E-state index in [1.165, 1.54) is 5.56 Å². The molecule has 1 aliphatic rings. The normalized spacial score (nSPS) is 18.4. The Morgan fingerprint density at radius 3 is 2.67 bits per heavy atom. The van der Waals surface area contributed by atoms with E-state index in [9.17, 15) is 9.90 Å². The number of aliphatic hydroxyl groups is 1. The van der Waals surface area contributed by atoms with Crippen LogP contribution in [0.4, 0.5) is 5.69 Å². The minimum atomic E-state index is -0.239. The van der Waals surface area contributed by atoms with Crippen molar-refractivity contribution in [2.45, 2.75) is 39.2 Å². The van der Waals surface area contributed by atoms with Crippen LogP contribution in [0.25, 0.3) is 0 Å². The summed E-state index contributed by atoms with van der Waals surface area (Å²) in [5.74, 6) is 0.427. The van der Waals surface area contributed by atoms with Crippen LogP contribution in [0.15, 0.2) is 24.3 Å². The monoisotopic (exact) mass is 290 g/mol. The number of nitrogens with one attached hydrogen (secondary N) is 1. The van der Waals surface area contributed by atoms with E-state index in [0.29, 0.717) is 12.5 Å². The number of carbonyl (C=O) groups excluding carboxylic acids is 1. The molecule has 4 nitrogen and oxygen atoms in total. The lowest BCUT2D eigenvalue weighted by molar-refractivity contribution is -0.117. The van der Waals surface area contributed by atoms with Gasteiger partial charge in [0.15, 0.2) is 0 Å². The van der Waals surface area contributed by atoms with Crippen LogP contribution in [-0.4, -0.2) is 41.7 Å². The van der Waals surface area contributed by atoms with E-state index in [4.69, 9.17) is 0 Å². The molecule has 1 amide bonds. The maximum atomic E-state index is 12.2. The number of para-hydroxylation sites is 1. The van der Waals surface area contributed by atoms with Crippen LogP contribution in [0.2, 0.25) is 0 Å². The third-order valence-electron chi connectivity index (χ3n) is 4.35. The van der Waals surface area contributed by atoms with Crippen molar-refractivity contribution in [2.75, 3.05) is 25.0 Å². The molecule has 1 aliphatic heterocycles. The minimum absolute atomic E-state index is 0.0476. The molecule has 1 unspecified atom stereocenters. The molecule has 1 aromatic rings. The molecule has 116 valence electrons. The highest BCUT2D eigenvalue weighted by Crippen LogP contribution is 2.20. The van der Waals surface area contributed by atoms with E-state index in [-0.39, 0.29) is 12.0 Å². The molecule has 1 atom stereocenters. The summed E-state index contributed by atoms with van der Waals surface area (Å²) in [5.41, 5.74) is 2.09. The SMILES string of the molecule is CCc1ccccc1NC(=O)CN1CCC(C(C)O)CC1. The van der Waals surface area contributed by atoms with Crippen LogP contribution in [-0.2, 0) is 11.2 Å². The largest absolute Gasteiger partial charge is 0.393 e. The number of carbonyl (C=O) groups is 1. The van der Waals surface area contributed by atoms with Crippen LogP contribution < -0.4 is 5.32 Å². The Morgan fingerprint density at radius 1 is 1.38 bits per heavy atom. The summed E-state index contributed by atoms with van der Waals surface area (Å²) in [6.07, 6.45) is 2.61. The van der Waals surface area contributed by atoms with Crippen molar-refractivity contribution < 1.29 is 9.90 Å². The van der Waals surface area contributed by atoms with Crippen molar-refractivity contribution in [3.63, 3.8) is 0 Å². The zero-order chi connectivity index (χ0) is 15.2. The summed E-state index contributed by atoms with van der Waals surface area (Å²) in [4.78, 5) is 14.3. The summed E-state index contributed by atoms with van der Waals surface area (Å²) in [6, 6.07) is 7.94. The fourth-order valence-corrected chi connectivity index (χ4v) is 2.94. The number of hydrogen-bond donors (Lipinski definition) is 2. The average molecular weight is 290 g/mol. The molecular formula is C17H26N2O2. The molecule has 0 spiro atoms. The second-order valence-corrected chi connectivity index (χ2v) is 5.91. The van der Waals surface area contributed by atoms with Gasteiger partial charge in [0.25, 0.3) is 0 Å². The Kier molecular flexibility index (Phi) is 5.76. The molecule has 1 saturated heterocycles. The average Bonchev–Trinajstić information content (AvgIpc) is 2.48. The Labute approximate surface area is 127 Å². The molecule has 0 aliphatic carbocycles. The molecular weight excluding hydrogens is 264 g/mol. The Bertz CT molecular complexity index is 466. The van der Waals surface area contributed by atoms with Gasteiger partial charge in [0.1, 0.15) is 0 Å². The maximum absolute atomic E-state index is 12.2. The number of aryl methyl sites for hydroxylation is 1. The summed E-state index contributed by atoms with van der Waals surface area (Å²) in [6.45, 7) is 6.15. The number of anilines is 1. The van der Waals surface area contributed by atoms with Crippen molar-refractivity contribution in [3.8, 4) is 0 Å². The van der Waals surface area contributed by atoms with Crippen molar-refractivity contribution >= 4 is 11.6 Å². The highest BCUT2D eigenvalue weighted by Gasteiger charge is 2.23. The van der Waals surface area contributed by atoms with Crippen LogP contribution >= 0.6 is 0 Å². The zero-order valence-electron chi connectivity index (χ0n) is 13.0. The Hall–Kier alpha value is -1.39. The van der Waals surface area contributed by atoms with E-state index in [0.717, 1.165) is 38.0 Å². The van der Waals surface area contributed by atoms with Crippen LogP contribution in [0.5, 0.6) is 0 Å². The second-order valence-electron chi connectivity index (χ2n) is 5.91. The maximum Gasteiger partial charge on any atom is 0.238 e. The van der Waals surface area contributed by atoms with Crippen LogP contribution in [0, 0.1) is 5.92 Å².